The number of hydrogen-bond donors (Lipinski definition) is 2. The minimum absolute atomic E-state index is 0.0719. The fourth-order valence-corrected chi connectivity index (χ4v) is 3.05. The zero-order chi connectivity index (χ0) is 15.9. The summed E-state index contributed by atoms with van der Waals surface area (Å²) in [5, 5.41) is 12.9. The lowest BCUT2D eigenvalue weighted by Gasteiger charge is -2.18. The second-order valence-corrected chi connectivity index (χ2v) is 6.73. The number of rotatable bonds is 7. The molecule has 2 atom stereocenters. The van der Waals surface area contributed by atoms with Crippen molar-refractivity contribution >= 4 is 5.91 Å². The maximum atomic E-state index is 12.2. The number of hydrogen-bond acceptors (Lipinski definition) is 3. The van der Waals surface area contributed by atoms with E-state index in [4.69, 9.17) is 0 Å². The van der Waals surface area contributed by atoms with E-state index in [0.717, 1.165) is 31.6 Å². The minimum Gasteiger partial charge on any atom is -0.391 e. The van der Waals surface area contributed by atoms with Crippen molar-refractivity contribution < 1.29 is 9.90 Å². The summed E-state index contributed by atoms with van der Waals surface area (Å²) in [4.78, 5) is 14.5. The van der Waals surface area contributed by atoms with Gasteiger partial charge in [-0.05, 0) is 24.4 Å². The van der Waals surface area contributed by atoms with E-state index in [0.29, 0.717) is 18.9 Å². The predicted molar refractivity (Wildman–Crippen MR) is 88.5 cm³/mol. The van der Waals surface area contributed by atoms with E-state index in [9.17, 15) is 9.90 Å². The molecular weight excluding hydrogens is 276 g/mol. The number of likely N-dealkylation sites (tertiary alicyclic amines) is 1. The Morgan fingerprint density at radius 3 is 2.77 bits per heavy atom. The molecule has 1 saturated heterocycles. The Labute approximate surface area is 133 Å². The molecule has 2 rings (SSSR count). The summed E-state index contributed by atoms with van der Waals surface area (Å²) in [6.45, 7) is 7.64. The Balaban J connectivity index is 1.69. The van der Waals surface area contributed by atoms with E-state index in [1.807, 2.05) is 30.3 Å². The van der Waals surface area contributed by atoms with E-state index in [-0.39, 0.29) is 11.8 Å². The Hall–Kier alpha value is -1.39. The highest BCUT2D eigenvalue weighted by Crippen LogP contribution is 2.17. The molecule has 1 aromatic rings. The van der Waals surface area contributed by atoms with Crippen LogP contribution in [0.15, 0.2) is 30.3 Å². The van der Waals surface area contributed by atoms with E-state index >= 15 is 0 Å². The van der Waals surface area contributed by atoms with Crippen molar-refractivity contribution in [1.82, 2.24) is 10.2 Å². The smallest absolute Gasteiger partial charge is 0.224 e. The quantitative estimate of drug-likeness (QED) is 0.806. The van der Waals surface area contributed by atoms with Crippen LogP contribution in [0, 0.1) is 11.8 Å². The van der Waals surface area contributed by atoms with Gasteiger partial charge < -0.3 is 15.3 Å². The molecule has 1 aliphatic rings. The standard InChI is InChI=1S/C18H28N2O2/c1-14(2)12-20-9-8-16(13-20)18(22)19-11-17(21)10-15-6-4-3-5-7-15/h3-7,14,16-17,21H,8-13H2,1-2H3,(H,19,22). The average molecular weight is 304 g/mol. The van der Waals surface area contributed by atoms with Crippen LogP contribution in [0.5, 0.6) is 0 Å². The molecule has 1 heterocycles. The summed E-state index contributed by atoms with van der Waals surface area (Å²) in [5.74, 6) is 0.788. The summed E-state index contributed by atoms with van der Waals surface area (Å²) in [7, 11) is 0. The van der Waals surface area contributed by atoms with Crippen LogP contribution in [0.1, 0.15) is 25.8 Å². The fourth-order valence-electron chi connectivity index (χ4n) is 3.05. The highest BCUT2D eigenvalue weighted by molar-refractivity contribution is 5.79. The minimum atomic E-state index is -0.528. The molecule has 0 bridgehead atoms. The van der Waals surface area contributed by atoms with Gasteiger partial charge in [0, 0.05) is 26.1 Å². The van der Waals surface area contributed by atoms with Crippen molar-refractivity contribution in [3.05, 3.63) is 35.9 Å². The zero-order valence-electron chi connectivity index (χ0n) is 13.7. The lowest BCUT2D eigenvalue weighted by Crippen LogP contribution is -2.38. The Morgan fingerprint density at radius 1 is 1.36 bits per heavy atom. The van der Waals surface area contributed by atoms with E-state index in [1.165, 1.54) is 0 Å². The number of carbonyl (C=O) groups excluding carboxylic acids is 1. The van der Waals surface area contributed by atoms with E-state index in [1.54, 1.807) is 0 Å². The third-order valence-corrected chi connectivity index (χ3v) is 4.09. The maximum Gasteiger partial charge on any atom is 0.224 e. The van der Waals surface area contributed by atoms with Gasteiger partial charge in [0.2, 0.25) is 5.91 Å². The Morgan fingerprint density at radius 2 is 2.09 bits per heavy atom. The topological polar surface area (TPSA) is 52.6 Å². The molecular formula is C18H28N2O2. The van der Waals surface area contributed by atoms with Crippen LogP contribution in [0.4, 0.5) is 0 Å². The van der Waals surface area contributed by atoms with Crippen LogP contribution in [0.25, 0.3) is 0 Å². The highest BCUT2D eigenvalue weighted by Gasteiger charge is 2.28. The summed E-state index contributed by atoms with van der Waals surface area (Å²) >= 11 is 0. The molecule has 1 aliphatic heterocycles. The number of aliphatic hydroxyl groups excluding tert-OH is 1. The second-order valence-electron chi connectivity index (χ2n) is 6.73. The van der Waals surface area contributed by atoms with Crippen LogP contribution < -0.4 is 5.32 Å². The van der Waals surface area contributed by atoms with Crippen molar-refractivity contribution in [2.75, 3.05) is 26.2 Å². The summed E-state index contributed by atoms with van der Waals surface area (Å²) in [6.07, 6.45) is 0.970. The van der Waals surface area contributed by atoms with Gasteiger partial charge in [0.25, 0.3) is 0 Å². The van der Waals surface area contributed by atoms with Gasteiger partial charge in [0.15, 0.2) is 0 Å². The van der Waals surface area contributed by atoms with Gasteiger partial charge in [-0.2, -0.15) is 0 Å². The van der Waals surface area contributed by atoms with Crippen LogP contribution in [-0.2, 0) is 11.2 Å². The largest absolute Gasteiger partial charge is 0.391 e. The SMILES string of the molecule is CC(C)CN1CCC(C(=O)NCC(O)Cc2ccccc2)C1. The number of benzene rings is 1. The van der Waals surface area contributed by atoms with E-state index < -0.39 is 6.10 Å². The van der Waals surface area contributed by atoms with Crippen LogP contribution in [0.2, 0.25) is 0 Å². The first kappa shape index (κ1) is 17.0. The van der Waals surface area contributed by atoms with Gasteiger partial charge in [-0.3, -0.25) is 4.79 Å². The zero-order valence-corrected chi connectivity index (χ0v) is 13.7. The average Bonchev–Trinajstić information content (AvgIpc) is 2.93. The van der Waals surface area contributed by atoms with Crippen LogP contribution in [0.3, 0.4) is 0 Å². The monoisotopic (exact) mass is 304 g/mol. The summed E-state index contributed by atoms with van der Waals surface area (Å²) in [6, 6.07) is 9.86. The molecule has 1 fully saturated rings. The number of aliphatic hydroxyl groups is 1. The summed E-state index contributed by atoms with van der Waals surface area (Å²) < 4.78 is 0. The lowest BCUT2D eigenvalue weighted by atomic mass is 10.1. The first-order chi connectivity index (χ1) is 10.5. The van der Waals surface area contributed by atoms with Crippen molar-refractivity contribution in [2.24, 2.45) is 11.8 Å². The molecule has 122 valence electrons. The Bertz CT molecular complexity index is 461. The van der Waals surface area contributed by atoms with Gasteiger partial charge in [0.05, 0.1) is 12.0 Å². The molecule has 2 unspecified atom stereocenters. The van der Waals surface area contributed by atoms with Crippen LogP contribution in [-0.4, -0.2) is 48.2 Å². The van der Waals surface area contributed by atoms with Gasteiger partial charge in [0.1, 0.15) is 0 Å². The van der Waals surface area contributed by atoms with Crippen molar-refractivity contribution in [2.45, 2.75) is 32.8 Å². The molecule has 0 spiro atoms. The molecule has 0 radical (unpaired) electrons. The van der Waals surface area contributed by atoms with Crippen LogP contribution >= 0.6 is 0 Å². The third kappa shape index (κ3) is 5.43. The molecule has 1 aromatic carbocycles. The van der Waals surface area contributed by atoms with Gasteiger partial charge in [-0.25, -0.2) is 0 Å². The number of amides is 1. The first-order valence-corrected chi connectivity index (χ1v) is 8.26. The number of nitrogens with zero attached hydrogens (tertiary/aromatic N) is 1. The molecule has 0 aromatic heterocycles. The van der Waals surface area contributed by atoms with Gasteiger partial charge >= 0.3 is 0 Å². The normalized spacial score (nSPS) is 20.3. The number of carbonyl (C=O) groups is 1. The van der Waals surface area contributed by atoms with Crippen molar-refractivity contribution in [3.8, 4) is 0 Å². The van der Waals surface area contributed by atoms with Gasteiger partial charge in [-0.15, -0.1) is 0 Å². The third-order valence-electron chi connectivity index (χ3n) is 4.09. The van der Waals surface area contributed by atoms with E-state index in [2.05, 4.69) is 24.1 Å². The second kappa shape index (κ2) is 8.30. The molecule has 1 amide bonds. The molecule has 4 heteroatoms. The molecule has 0 saturated carbocycles. The van der Waals surface area contributed by atoms with Crippen molar-refractivity contribution in [1.29, 1.82) is 0 Å². The molecule has 0 aliphatic carbocycles. The molecule has 22 heavy (non-hydrogen) atoms. The Kier molecular flexibility index (Phi) is 6.40. The van der Waals surface area contributed by atoms with Crippen molar-refractivity contribution in [3.63, 3.8) is 0 Å². The molecule has 4 nitrogen and oxygen atoms in total. The fraction of sp³-hybridized carbons (Fsp3) is 0.611. The molecule has 2 N–H and O–H groups in total. The summed E-state index contributed by atoms with van der Waals surface area (Å²) in [5.41, 5.74) is 1.09. The predicted octanol–water partition coefficient (Wildman–Crippen LogP) is 1.68. The lowest BCUT2D eigenvalue weighted by molar-refractivity contribution is -0.125. The maximum absolute atomic E-state index is 12.2. The highest BCUT2D eigenvalue weighted by atomic mass is 16.3. The van der Waals surface area contributed by atoms with Gasteiger partial charge in [-0.1, -0.05) is 44.2 Å². The number of nitrogens with one attached hydrogen (secondary N) is 1. The first-order valence-electron chi connectivity index (χ1n) is 8.26.